The lowest BCUT2D eigenvalue weighted by Crippen LogP contribution is -2.25. The molecule has 0 aliphatic rings. The van der Waals surface area contributed by atoms with Gasteiger partial charge in [-0.1, -0.05) is 46.3 Å². The van der Waals surface area contributed by atoms with Gasteiger partial charge in [0.15, 0.2) is 8.32 Å². The smallest absolute Gasteiger partial charge is 0.185 e. The Hall–Kier alpha value is -0.123. The van der Waals surface area contributed by atoms with Gasteiger partial charge in [0.25, 0.3) is 0 Å². The minimum Gasteiger partial charge on any atom is -0.401 e. The monoisotopic (exact) mass is 258 g/mol. The fourth-order valence-corrected chi connectivity index (χ4v) is 3.73. The molecule has 1 unspecified atom stereocenters. The number of hydrogen-bond donors (Lipinski definition) is 0. The lowest BCUT2D eigenvalue weighted by Gasteiger charge is -2.22. The fraction of sp³-hybridized carbons (Fsp3) is 0.400. The molecule has 0 bridgehead atoms. The molecule has 13 heavy (non-hydrogen) atoms. The van der Waals surface area contributed by atoms with Crippen LogP contribution in [0, 0.1) is 0 Å². The van der Waals surface area contributed by atoms with E-state index in [2.05, 4.69) is 47.7 Å². The molecule has 0 aromatic heterocycles. The van der Waals surface area contributed by atoms with Gasteiger partial charge >= 0.3 is 0 Å². The van der Waals surface area contributed by atoms with E-state index in [1.165, 1.54) is 5.56 Å². The Morgan fingerprint density at radius 2 is 1.69 bits per heavy atom. The van der Waals surface area contributed by atoms with E-state index in [0.29, 0.717) is 0 Å². The van der Waals surface area contributed by atoms with Crippen molar-refractivity contribution in [3.8, 4) is 0 Å². The van der Waals surface area contributed by atoms with E-state index in [4.69, 9.17) is 4.43 Å². The van der Waals surface area contributed by atoms with Crippen LogP contribution in [0.3, 0.4) is 0 Å². The average Bonchev–Trinajstić information content (AvgIpc) is 2.03. The molecule has 1 aromatic carbocycles. The molecule has 0 N–H and O–H groups in total. The van der Waals surface area contributed by atoms with E-state index < -0.39 is 8.32 Å². The summed E-state index contributed by atoms with van der Waals surface area (Å²) in [5.74, 6) is 0. The van der Waals surface area contributed by atoms with Crippen molar-refractivity contribution in [1.82, 2.24) is 0 Å². The van der Waals surface area contributed by atoms with Crippen LogP contribution < -0.4 is 0 Å². The van der Waals surface area contributed by atoms with Gasteiger partial charge in [0.2, 0.25) is 0 Å². The Bertz CT molecular complexity index is 255. The van der Waals surface area contributed by atoms with Crippen molar-refractivity contribution < 1.29 is 4.43 Å². The van der Waals surface area contributed by atoms with Gasteiger partial charge in [0.05, 0.1) is 0 Å². The lowest BCUT2D eigenvalue weighted by atomic mass is 10.2. The van der Waals surface area contributed by atoms with E-state index in [1.54, 1.807) is 0 Å². The number of halogens is 1. The summed E-state index contributed by atoms with van der Waals surface area (Å²) in [5, 5.41) is 0.0420. The lowest BCUT2D eigenvalue weighted by molar-refractivity contribution is 0.295. The van der Waals surface area contributed by atoms with Crippen molar-refractivity contribution in [2.75, 3.05) is 0 Å². The highest BCUT2D eigenvalue weighted by Gasteiger charge is 2.19. The Labute approximate surface area is 89.4 Å². The number of rotatable bonds is 3. The second kappa shape index (κ2) is 4.40. The average molecular weight is 259 g/mol. The molecule has 72 valence electrons. The van der Waals surface area contributed by atoms with Crippen molar-refractivity contribution in [1.29, 1.82) is 0 Å². The summed E-state index contributed by atoms with van der Waals surface area (Å²) in [6.07, 6.45) is 0. The van der Waals surface area contributed by atoms with Gasteiger partial charge in [-0.15, -0.1) is 0 Å². The highest BCUT2D eigenvalue weighted by Crippen LogP contribution is 2.27. The summed E-state index contributed by atoms with van der Waals surface area (Å²) < 4.78 is 5.88. The molecule has 1 atom stereocenters. The van der Waals surface area contributed by atoms with E-state index >= 15 is 0 Å². The van der Waals surface area contributed by atoms with Crippen LogP contribution in [0.15, 0.2) is 30.3 Å². The molecule has 0 fully saturated rings. The van der Waals surface area contributed by atoms with Gasteiger partial charge < -0.3 is 4.43 Å². The first-order chi connectivity index (χ1) is 5.99. The molecule has 0 spiro atoms. The molecular formula is C10H15BrOSi. The van der Waals surface area contributed by atoms with Crippen LogP contribution in [-0.2, 0) is 4.43 Å². The second-order valence-electron chi connectivity index (χ2n) is 3.96. The maximum atomic E-state index is 5.88. The molecule has 1 aromatic rings. The third-order valence-corrected chi connectivity index (χ3v) is 3.52. The first kappa shape index (κ1) is 11.0. The van der Waals surface area contributed by atoms with Crippen LogP contribution in [0.2, 0.25) is 19.6 Å². The van der Waals surface area contributed by atoms with Crippen molar-refractivity contribution in [3.05, 3.63) is 35.9 Å². The standard InChI is InChI=1S/C10H15BrOSi/c1-13(2,3)12-10(11)9-7-5-4-6-8-9/h4-8,10H,1-3H3. The van der Waals surface area contributed by atoms with E-state index in [9.17, 15) is 0 Å². The molecular weight excluding hydrogens is 244 g/mol. The van der Waals surface area contributed by atoms with Crippen molar-refractivity contribution in [3.63, 3.8) is 0 Å². The molecule has 0 saturated heterocycles. The Morgan fingerprint density at radius 3 is 2.15 bits per heavy atom. The maximum Gasteiger partial charge on any atom is 0.185 e. The van der Waals surface area contributed by atoms with Crippen molar-refractivity contribution in [2.24, 2.45) is 0 Å². The van der Waals surface area contributed by atoms with Crippen LogP contribution >= 0.6 is 15.9 Å². The minimum atomic E-state index is -1.45. The van der Waals surface area contributed by atoms with E-state index in [1.807, 2.05) is 18.2 Å². The number of alkyl halides is 1. The molecule has 3 heteroatoms. The Morgan fingerprint density at radius 1 is 1.15 bits per heavy atom. The zero-order chi connectivity index (χ0) is 9.90. The molecule has 0 radical (unpaired) electrons. The van der Waals surface area contributed by atoms with Gasteiger partial charge in [-0.3, -0.25) is 0 Å². The zero-order valence-corrected chi connectivity index (χ0v) is 10.8. The third kappa shape index (κ3) is 4.07. The fourth-order valence-electron chi connectivity index (χ4n) is 0.983. The predicted molar refractivity (Wildman–Crippen MR) is 62.5 cm³/mol. The maximum absolute atomic E-state index is 5.88. The summed E-state index contributed by atoms with van der Waals surface area (Å²) in [4.78, 5) is 0. The third-order valence-electron chi connectivity index (χ3n) is 1.52. The summed E-state index contributed by atoms with van der Waals surface area (Å²) in [5.41, 5.74) is 1.19. The van der Waals surface area contributed by atoms with Gasteiger partial charge in [-0.05, 0) is 25.2 Å². The van der Waals surface area contributed by atoms with Crippen LogP contribution in [0.1, 0.15) is 10.6 Å². The molecule has 1 nitrogen and oxygen atoms in total. The zero-order valence-electron chi connectivity index (χ0n) is 8.25. The Balaban J connectivity index is 2.64. The first-order valence-corrected chi connectivity index (χ1v) is 8.68. The minimum absolute atomic E-state index is 0.0420. The quantitative estimate of drug-likeness (QED) is 0.590. The van der Waals surface area contributed by atoms with Gasteiger partial charge in [-0.2, -0.15) is 0 Å². The highest BCUT2D eigenvalue weighted by atomic mass is 79.9. The first-order valence-electron chi connectivity index (χ1n) is 4.36. The summed E-state index contributed by atoms with van der Waals surface area (Å²) in [6.45, 7) is 6.55. The van der Waals surface area contributed by atoms with E-state index in [0.717, 1.165) is 0 Å². The van der Waals surface area contributed by atoms with E-state index in [-0.39, 0.29) is 5.01 Å². The van der Waals surface area contributed by atoms with Gasteiger partial charge in [-0.25, -0.2) is 0 Å². The summed E-state index contributed by atoms with van der Waals surface area (Å²) >= 11 is 3.53. The van der Waals surface area contributed by atoms with Crippen LogP contribution in [0.25, 0.3) is 0 Å². The summed E-state index contributed by atoms with van der Waals surface area (Å²) in [6, 6.07) is 10.2. The van der Waals surface area contributed by atoms with Gasteiger partial charge in [0, 0.05) is 0 Å². The molecule has 0 amide bonds. The molecule has 0 aliphatic heterocycles. The number of benzene rings is 1. The normalized spacial score (nSPS) is 14.2. The highest BCUT2D eigenvalue weighted by molar-refractivity contribution is 9.09. The molecule has 0 heterocycles. The van der Waals surface area contributed by atoms with Crippen LogP contribution in [0.4, 0.5) is 0 Å². The van der Waals surface area contributed by atoms with Crippen LogP contribution in [-0.4, -0.2) is 8.32 Å². The predicted octanol–water partition coefficient (Wildman–Crippen LogP) is 3.93. The molecule has 1 rings (SSSR count). The molecule has 0 aliphatic carbocycles. The van der Waals surface area contributed by atoms with Crippen molar-refractivity contribution in [2.45, 2.75) is 24.7 Å². The second-order valence-corrected chi connectivity index (χ2v) is 9.25. The van der Waals surface area contributed by atoms with Gasteiger partial charge in [0.1, 0.15) is 5.01 Å². The van der Waals surface area contributed by atoms with Crippen LogP contribution in [0.5, 0.6) is 0 Å². The SMILES string of the molecule is C[Si](C)(C)OC(Br)c1ccccc1. The number of hydrogen-bond acceptors (Lipinski definition) is 1. The summed E-state index contributed by atoms with van der Waals surface area (Å²) in [7, 11) is -1.45. The van der Waals surface area contributed by atoms with Crippen molar-refractivity contribution >= 4 is 24.2 Å². The molecule has 0 saturated carbocycles. The topological polar surface area (TPSA) is 9.23 Å². The largest absolute Gasteiger partial charge is 0.401 e. The Kier molecular flexibility index (Phi) is 3.70.